The Kier molecular flexibility index (Phi) is 5.33. The summed E-state index contributed by atoms with van der Waals surface area (Å²) < 4.78 is 59.5. The van der Waals surface area contributed by atoms with Crippen molar-refractivity contribution in [1.82, 2.24) is 0 Å². The molecular formula is C19H24N2O5S2. The van der Waals surface area contributed by atoms with Crippen LogP contribution in [-0.4, -0.2) is 36.2 Å². The normalized spacial score (nSPS) is 16.2. The number of anilines is 2. The van der Waals surface area contributed by atoms with E-state index >= 15 is 0 Å². The number of hydrogen-bond donors (Lipinski definition) is 1. The molecule has 3 rings (SSSR count). The third kappa shape index (κ3) is 3.81. The summed E-state index contributed by atoms with van der Waals surface area (Å²) in [7, 11) is -5.76. The van der Waals surface area contributed by atoms with Gasteiger partial charge in [-0.2, -0.15) is 0 Å². The van der Waals surface area contributed by atoms with Crippen LogP contribution in [0, 0.1) is 20.8 Å². The second-order valence-electron chi connectivity index (χ2n) is 6.96. The average molecular weight is 425 g/mol. The Morgan fingerprint density at radius 3 is 2.25 bits per heavy atom. The highest BCUT2D eigenvalue weighted by atomic mass is 32.2. The van der Waals surface area contributed by atoms with Crippen LogP contribution in [0.2, 0.25) is 0 Å². The summed E-state index contributed by atoms with van der Waals surface area (Å²) in [6, 6.07) is 8.28. The Balaban J connectivity index is 1.99. The van der Waals surface area contributed by atoms with E-state index in [9.17, 15) is 16.8 Å². The Morgan fingerprint density at radius 2 is 1.71 bits per heavy atom. The van der Waals surface area contributed by atoms with Gasteiger partial charge in [0.05, 0.1) is 29.1 Å². The van der Waals surface area contributed by atoms with Crippen LogP contribution < -0.4 is 13.8 Å². The predicted octanol–water partition coefficient (Wildman–Crippen LogP) is 2.96. The smallest absolute Gasteiger partial charge is 0.262 e. The van der Waals surface area contributed by atoms with Crippen LogP contribution in [0.1, 0.15) is 23.1 Å². The molecule has 1 saturated heterocycles. The highest BCUT2D eigenvalue weighted by Gasteiger charge is 2.29. The molecule has 2 aromatic carbocycles. The number of methoxy groups -OCH3 is 1. The van der Waals surface area contributed by atoms with Gasteiger partial charge in [0.25, 0.3) is 10.0 Å². The number of benzene rings is 2. The first-order chi connectivity index (χ1) is 13.0. The molecule has 1 aliphatic heterocycles. The molecule has 0 saturated carbocycles. The first-order valence-electron chi connectivity index (χ1n) is 8.84. The maximum Gasteiger partial charge on any atom is 0.262 e. The fraction of sp³-hybridized carbons (Fsp3) is 0.368. The average Bonchev–Trinajstić information content (AvgIpc) is 2.92. The molecule has 2 aromatic rings. The number of nitrogens with one attached hydrogen (secondary N) is 1. The lowest BCUT2D eigenvalue weighted by atomic mass is 10.1. The third-order valence-electron chi connectivity index (χ3n) is 4.69. The molecule has 1 aliphatic rings. The van der Waals surface area contributed by atoms with Gasteiger partial charge in [-0.3, -0.25) is 9.03 Å². The van der Waals surface area contributed by atoms with Gasteiger partial charge in [-0.05, 0) is 50.5 Å². The van der Waals surface area contributed by atoms with Gasteiger partial charge in [-0.25, -0.2) is 16.8 Å². The second kappa shape index (κ2) is 7.29. The maximum absolute atomic E-state index is 13.0. The number of ether oxygens (including phenoxy) is 1. The second-order valence-corrected chi connectivity index (χ2v) is 10.6. The van der Waals surface area contributed by atoms with Crippen molar-refractivity contribution in [2.45, 2.75) is 32.1 Å². The Labute approximate surface area is 166 Å². The molecule has 9 heteroatoms. The van der Waals surface area contributed by atoms with E-state index in [2.05, 4.69) is 4.72 Å². The SMILES string of the molecule is COc1cc(N2CCCS2(=O)=O)ccc1NS(=O)(=O)c1c(C)cc(C)cc1C. The minimum absolute atomic E-state index is 0.107. The molecule has 0 aliphatic carbocycles. The minimum atomic E-state index is -3.84. The number of rotatable bonds is 5. The highest BCUT2D eigenvalue weighted by molar-refractivity contribution is 7.93. The van der Waals surface area contributed by atoms with Gasteiger partial charge in [0.1, 0.15) is 5.75 Å². The number of aryl methyl sites for hydroxylation is 3. The molecule has 0 radical (unpaired) electrons. The molecule has 1 heterocycles. The van der Waals surface area contributed by atoms with Gasteiger partial charge < -0.3 is 4.74 Å². The number of nitrogens with zero attached hydrogens (tertiary/aromatic N) is 1. The molecule has 1 fully saturated rings. The summed E-state index contributed by atoms with van der Waals surface area (Å²) in [6.07, 6.45) is 0.561. The molecule has 28 heavy (non-hydrogen) atoms. The van der Waals surface area contributed by atoms with E-state index in [-0.39, 0.29) is 22.1 Å². The van der Waals surface area contributed by atoms with Crippen molar-refractivity contribution in [3.05, 3.63) is 47.0 Å². The Bertz CT molecular complexity index is 1100. The third-order valence-corrected chi connectivity index (χ3v) is 8.23. The van der Waals surface area contributed by atoms with E-state index in [0.29, 0.717) is 29.8 Å². The highest BCUT2D eigenvalue weighted by Crippen LogP contribution is 2.34. The zero-order valence-corrected chi connectivity index (χ0v) is 17.9. The zero-order valence-electron chi connectivity index (χ0n) is 16.3. The van der Waals surface area contributed by atoms with Crippen molar-refractivity contribution in [2.75, 3.05) is 28.4 Å². The lowest BCUT2D eigenvalue weighted by molar-refractivity contribution is 0.417. The summed E-state index contributed by atoms with van der Waals surface area (Å²) in [5, 5.41) is 0. The summed E-state index contributed by atoms with van der Waals surface area (Å²) in [4.78, 5) is 0.228. The molecule has 0 spiro atoms. The van der Waals surface area contributed by atoms with Crippen LogP contribution in [0.15, 0.2) is 35.2 Å². The lowest BCUT2D eigenvalue weighted by Gasteiger charge is -2.20. The largest absolute Gasteiger partial charge is 0.494 e. The summed E-state index contributed by atoms with van der Waals surface area (Å²) >= 11 is 0. The van der Waals surface area contributed by atoms with Gasteiger partial charge in [0, 0.05) is 12.6 Å². The summed E-state index contributed by atoms with van der Waals surface area (Å²) in [6.45, 7) is 5.83. The summed E-state index contributed by atoms with van der Waals surface area (Å²) in [5.74, 6) is 0.362. The van der Waals surface area contributed by atoms with Crippen LogP contribution in [0.25, 0.3) is 0 Å². The van der Waals surface area contributed by atoms with E-state index in [1.54, 1.807) is 19.9 Å². The van der Waals surface area contributed by atoms with E-state index in [1.807, 2.05) is 19.1 Å². The van der Waals surface area contributed by atoms with Crippen molar-refractivity contribution in [2.24, 2.45) is 0 Å². The van der Waals surface area contributed by atoms with Crippen molar-refractivity contribution in [3.8, 4) is 5.75 Å². The van der Waals surface area contributed by atoms with Gasteiger partial charge in [0.2, 0.25) is 10.0 Å². The molecule has 0 aromatic heterocycles. The quantitative estimate of drug-likeness (QED) is 0.797. The van der Waals surface area contributed by atoms with E-state index in [1.165, 1.54) is 23.5 Å². The minimum Gasteiger partial charge on any atom is -0.494 e. The van der Waals surface area contributed by atoms with Crippen molar-refractivity contribution in [3.63, 3.8) is 0 Å². The van der Waals surface area contributed by atoms with Crippen LogP contribution in [0.4, 0.5) is 11.4 Å². The Morgan fingerprint density at radius 1 is 1.07 bits per heavy atom. The van der Waals surface area contributed by atoms with Crippen LogP contribution in [-0.2, 0) is 20.0 Å². The topological polar surface area (TPSA) is 92.8 Å². The van der Waals surface area contributed by atoms with Gasteiger partial charge >= 0.3 is 0 Å². The molecule has 0 atom stereocenters. The summed E-state index contributed by atoms with van der Waals surface area (Å²) in [5.41, 5.74) is 3.01. The first kappa shape index (κ1) is 20.5. The Hall–Kier alpha value is -2.26. The number of sulfonamides is 2. The molecule has 1 N–H and O–H groups in total. The van der Waals surface area contributed by atoms with Crippen LogP contribution >= 0.6 is 0 Å². The fourth-order valence-electron chi connectivity index (χ4n) is 3.64. The molecule has 0 unspecified atom stereocenters. The molecule has 0 bridgehead atoms. The standard InChI is InChI=1S/C19H24N2O5S2/c1-13-10-14(2)19(15(3)11-13)28(24,25)20-17-7-6-16(12-18(17)26-4)21-8-5-9-27(21,22)23/h6-7,10-12,20H,5,8-9H2,1-4H3. The molecule has 0 amide bonds. The van der Waals surface area contributed by atoms with Crippen molar-refractivity contribution >= 4 is 31.4 Å². The molecule has 152 valence electrons. The number of hydrogen-bond acceptors (Lipinski definition) is 5. The van der Waals surface area contributed by atoms with Crippen LogP contribution in [0.3, 0.4) is 0 Å². The zero-order chi connectivity index (χ0) is 20.7. The van der Waals surface area contributed by atoms with E-state index in [0.717, 1.165) is 5.56 Å². The monoisotopic (exact) mass is 424 g/mol. The maximum atomic E-state index is 13.0. The fourth-order valence-corrected chi connectivity index (χ4v) is 6.72. The van der Waals surface area contributed by atoms with Crippen molar-refractivity contribution < 1.29 is 21.6 Å². The van der Waals surface area contributed by atoms with E-state index in [4.69, 9.17) is 4.74 Å². The molecule has 7 nitrogen and oxygen atoms in total. The predicted molar refractivity (Wildman–Crippen MR) is 110 cm³/mol. The van der Waals surface area contributed by atoms with E-state index < -0.39 is 20.0 Å². The van der Waals surface area contributed by atoms with Gasteiger partial charge in [-0.15, -0.1) is 0 Å². The van der Waals surface area contributed by atoms with Crippen molar-refractivity contribution in [1.29, 1.82) is 0 Å². The first-order valence-corrected chi connectivity index (χ1v) is 11.9. The van der Waals surface area contributed by atoms with Gasteiger partial charge in [0.15, 0.2) is 0 Å². The lowest BCUT2D eigenvalue weighted by Crippen LogP contribution is -2.25. The van der Waals surface area contributed by atoms with Gasteiger partial charge in [-0.1, -0.05) is 17.7 Å². The molecular weight excluding hydrogens is 400 g/mol. The van der Waals surface area contributed by atoms with Crippen LogP contribution in [0.5, 0.6) is 5.75 Å².